The number of aryl methyl sites for hydroxylation is 1. The first-order chi connectivity index (χ1) is 8.67. The maximum atomic E-state index is 4.10. The standard InChI is InChI=1S/C15H23N2S/c1-13-3-10-18-14(13)11-17-8-5-15(6-9-17)4-7-16(2)12-15/h3,10H,2,4-9,11-12H2,1H3/q-1. The number of likely N-dealkylation sites (tertiary alicyclic amines) is 2. The van der Waals surface area contributed by atoms with Gasteiger partial charge >= 0.3 is 0 Å². The zero-order valence-electron chi connectivity index (χ0n) is 11.3. The van der Waals surface area contributed by atoms with Crippen molar-refractivity contribution in [3.05, 3.63) is 28.9 Å². The minimum atomic E-state index is 0.600. The Bertz CT molecular complexity index is 404. The van der Waals surface area contributed by atoms with Gasteiger partial charge in [-0.2, -0.15) is 0 Å². The van der Waals surface area contributed by atoms with E-state index in [9.17, 15) is 0 Å². The Morgan fingerprint density at radius 3 is 2.56 bits per heavy atom. The van der Waals surface area contributed by atoms with Crippen LogP contribution in [0.25, 0.3) is 0 Å². The topological polar surface area (TPSA) is 6.48 Å². The number of hydrogen-bond donors (Lipinski definition) is 0. The fourth-order valence-electron chi connectivity index (χ4n) is 3.39. The number of hydrogen-bond acceptors (Lipinski definition) is 3. The second-order valence-electron chi connectivity index (χ2n) is 6.11. The van der Waals surface area contributed by atoms with Crippen LogP contribution in [0.4, 0.5) is 0 Å². The maximum absolute atomic E-state index is 4.10. The van der Waals surface area contributed by atoms with Crippen LogP contribution in [-0.4, -0.2) is 36.0 Å². The van der Waals surface area contributed by atoms with Gasteiger partial charge in [-0.25, -0.2) is 0 Å². The van der Waals surface area contributed by atoms with E-state index in [1.807, 2.05) is 11.3 Å². The molecule has 3 heteroatoms. The Balaban J connectivity index is 1.56. The van der Waals surface area contributed by atoms with Gasteiger partial charge in [0.25, 0.3) is 0 Å². The van der Waals surface area contributed by atoms with Crippen LogP contribution in [0, 0.1) is 19.4 Å². The molecule has 1 aromatic rings. The van der Waals surface area contributed by atoms with Gasteiger partial charge in [-0.15, -0.1) is 11.3 Å². The second-order valence-corrected chi connectivity index (χ2v) is 7.11. The molecule has 3 rings (SSSR count). The summed E-state index contributed by atoms with van der Waals surface area (Å²) in [6.45, 7) is 8.35. The summed E-state index contributed by atoms with van der Waals surface area (Å²) in [7, 11) is 4.10. The van der Waals surface area contributed by atoms with E-state index in [1.165, 1.54) is 51.0 Å². The van der Waals surface area contributed by atoms with E-state index in [-0.39, 0.29) is 0 Å². The SMILES string of the molecule is [CH2-]N1CCC2(CCN(Cc3sccc3C)CC2)C1. The Labute approximate surface area is 115 Å². The average molecular weight is 263 g/mol. The lowest BCUT2D eigenvalue weighted by molar-refractivity contribution is 0.108. The minimum absolute atomic E-state index is 0.600. The molecule has 1 aromatic heterocycles. The zero-order chi connectivity index (χ0) is 12.6. The van der Waals surface area contributed by atoms with Crippen LogP contribution in [-0.2, 0) is 6.54 Å². The van der Waals surface area contributed by atoms with Crippen LogP contribution in [0.5, 0.6) is 0 Å². The molecule has 3 heterocycles. The van der Waals surface area contributed by atoms with Gasteiger partial charge in [-0.05, 0) is 74.8 Å². The first kappa shape index (κ1) is 12.6. The van der Waals surface area contributed by atoms with Gasteiger partial charge in [0.05, 0.1) is 0 Å². The van der Waals surface area contributed by atoms with Crippen molar-refractivity contribution in [1.82, 2.24) is 9.80 Å². The van der Waals surface area contributed by atoms with Gasteiger partial charge < -0.3 is 4.90 Å². The Hall–Kier alpha value is -0.380. The Morgan fingerprint density at radius 2 is 2.00 bits per heavy atom. The molecule has 0 aromatic carbocycles. The summed E-state index contributed by atoms with van der Waals surface area (Å²) in [5, 5.41) is 2.22. The van der Waals surface area contributed by atoms with E-state index in [0.717, 1.165) is 6.54 Å². The summed E-state index contributed by atoms with van der Waals surface area (Å²) >= 11 is 1.91. The predicted octanol–water partition coefficient (Wildman–Crippen LogP) is 3.14. The predicted molar refractivity (Wildman–Crippen MR) is 77.5 cm³/mol. The van der Waals surface area contributed by atoms with Crippen molar-refractivity contribution in [3.8, 4) is 0 Å². The van der Waals surface area contributed by atoms with Crippen molar-refractivity contribution < 1.29 is 0 Å². The highest BCUT2D eigenvalue weighted by Gasteiger charge is 2.37. The second kappa shape index (κ2) is 4.95. The zero-order valence-corrected chi connectivity index (χ0v) is 12.1. The van der Waals surface area contributed by atoms with Crippen molar-refractivity contribution in [2.75, 3.05) is 26.2 Å². The van der Waals surface area contributed by atoms with Crippen LogP contribution >= 0.6 is 11.3 Å². The first-order valence-corrected chi connectivity index (χ1v) is 7.86. The average Bonchev–Trinajstić information content (AvgIpc) is 2.91. The molecule has 0 bridgehead atoms. The molecule has 2 saturated heterocycles. The molecule has 0 N–H and O–H groups in total. The molecule has 0 unspecified atom stereocenters. The van der Waals surface area contributed by atoms with Gasteiger partial charge in [0.15, 0.2) is 0 Å². The van der Waals surface area contributed by atoms with E-state index < -0.39 is 0 Å². The molecular formula is C15H23N2S-. The van der Waals surface area contributed by atoms with E-state index in [4.69, 9.17) is 0 Å². The van der Waals surface area contributed by atoms with Gasteiger partial charge in [0, 0.05) is 11.4 Å². The van der Waals surface area contributed by atoms with Crippen molar-refractivity contribution in [2.24, 2.45) is 5.41 Å². The number of thiophene rings is 1. The molecule has 0 amide bonds. The normalized spacial score (nSPS) is 25.0. The fourth-order valence-corrected chi connectivity index (χ4v) is 4.34. The molecule has 0 radical (unpaired) electrons. The first-order valence-electron chi connectivity index (χ1n) is 6.98. The van der Waals surface area contributed by atoms with Gasteiger partial charge in [0.2, 0.25) is 0 Å². The van der Waals surface area contributed by atoms with Gasteiger partial charge in [-0.1, -0.05) is 0 Å². The highest BCUT2D eigenvalue weighted by atomic mass is 32.1. The molecule has 0 aliphatic carbocycles. The monoisotopic (exact) mass is 263 g/mol. The van der Waals surface area contributed by atoms with E-state index in [2.05, 4.69) is 35.2 Å². The van der Waals surface area contributed by atoms with E-state index in [0.29, 0.717) is 5.41 Å². The molecule has 2 aliphatic rings. The summed E-state index contributed by atoms with van der Waals surface area (Å²) < 4.78 is 0. The highest BCUT2D eigenvalue weighted by molar-refractivity contribution is 7.10. The molecule has 2 fully saturated rings. The summed E-state index contributed by atoms with van der Waals surface area (Å²) in [5.41, 5.74) is 2.06. The maximum Gasteiger partial charge on any atom is 0.0330 e. The van der Waals surface area contributed by atoms with Crippen LogP contribution in [0.3, 0.4) is 0 Å². The minimum Gasteiger partial charge on any atom is -0.459 e. The third kappa shape index (κ3) is 2.49. The lowest BCUT2D eigenvalue weighted by Crippen LogP contribution is -2.40. The quantitative estimate of drug-likeness (QED) is 0.756. The van der Waals surface area contributed by atoms with Crippen molar-refractivity contribution >= 4 is 11.3 Å². The summed E-state index contributed by atoms with van der Waals surface area (Å²) in [4.78, 5) is 6.45. The van der Waals surface area contributed by atoms with E-state index >= 15 is 0 Å². The lowest BCUT2D eigenvalue weighted by Gasteiger charge is -2.40. The Kier molecular flexibility index (Phi) is 3.48. The third-order valence-corrected chi connectivity index (χ3v) is 5.78. The number of piperidine rings is 1. The molecular weight excluding hydrogens is 240 g/mol. The van der Waals surface area contributed by atoms with Gasteiger partial charge in [0.1, 0.15) is 0 Å². The highest BCUT2D eigenvalue weighted by Crippen LogP contribution is 2.40. The van der Waals surface area contributed by atoms with Crippen molar-refractivity contribution in [1.29, 1.82) is 0 Å². The van der Waals surface area contributed by atoms with Crippen LogP contribution in [0.15, 0.2) is 11.4 Å². The molecule has 100 valence electrons. The molecule has 18 heavy (non-hydrogen) atoms. The number of nitrogens with zero attached hydrogens (tertiary/aromatic N) is 2. The third-order valence-electron chi connectivity index (χ3n) is 4.77. The summed E-state index contributed by atoms with van der Waals surface area (Å²) in [5.74, 6) is 0. The molecule has 0 atom stereocenters. The molecule has 2 aliphatic heterocycles. The largest absolute Gasteiger partial charge is 0.459 e. The molecule has 2 nitrogen and oxygen atoms in total. The lowest BCUT2D eigenvalue weighted by atomic mass is 9.78. The Morgan fingerprint density at radius 1 is 1.28 bits per heavy atom. The smallest absolute Gasteiger partial charge is 0.0330 e. The number of rotatable bonds is 2. The molecule has 1 spiro atoms. The van der Waals surface area contributed by atoms with Crippen molar-refractivity contribution in [2.45, 2.75) is 32.7 Å². The molecule has 0 saturated carbocycles. The van der Waals surface area contributed by atoms with E-state index in [1.54, 1.807) is 4.88 Å². The van der Waals surface area contributed by atoms with Crippen LogP contribution in [0.1, 0.15) is 29.7 Å². The summed E-state index contributed by atoms with van der Waals surface area (Å²) in [6, 6.07) is 2.24. The van der Waals surface area contributed by atoms with Crippen molar-refractivity contribution in [3.63, 3.8) is 0 Å². The van der Waals surface area contributed by atoms with Crippen LogP contribution < -0.4 is 0 Å². The fraction of sp³-hybridized carbons (Fsp3) is 0.667. The summed E-state index contributed by atoms with van der Waals surface area (Å²) in [6.07, 6.45) is 4.09. The van der Waals surface area contributed by atoms with Gasteiger partial charge in [-0.3, -0.25) is 11.9 Å². The van der Waals surface area contributed by atoms with Crippen LogP contribution in [0.2, 0.25) is 0 Å².